The molecule has 0 spiro atoms. The van der Waals surface area contributed by atoms with Gasteiger partial charge in [-0.25, -0.2) is 0 Å². The van der Waals surface area contributed by atoms with Crippen LogP contribution in [0.4, 0.5) is 34.1 Å². The molecule has 2 atom stereocenters. The zero-order valence-electron chi connectivity index (χ0n) is 70.0. The third-order valence-electron chi connectivity index (χ3n) is 25.4. The quantitative estimate of drug-likeness (QED) is 0.0499. The number of rotatable bonds is 26. The predicted octanol–water partition coefficient (Wildman–Crippen LogP) is 32.1. The van der Waals surface area contributed by atoms with Gasteiger partial charge in [0.25, 0.3) is 0 Å². The van der Waals surface area contributed by atoms with Crippen LogP contribution in [0, 0.1) is 0 Å². The molecule has 17 rings (SSSR count). The summed E-state index contributed by atoms with van der Waals surface area (Å²) in [6, 6.07) is 134. The summed E-state index contributed by atoms with van der Waals surface area (Å²) >= 11 is 0. The molecule has 15 aromatic rings. The molecule has 2 heteroatoms. The van der Waals surface area contributed by atoms with Crippen LogP contribution in [0.2, 0.25) is 0 Å². The number of aryl methyl sites for hydroxylation is 2. The van der Waals surface area contributed by atoms with Crippen LogP contribution in [0.25, 0.3) is 78.9 Å². The fraction of sp³-hybridized carbons (Fsp3) is 0.190. The van der Waals surface area contributed by atoms with Crippen LogP contribution in [0.3, 0.4) is 0 Å². The third kappa shape index (κ3) is 14.7. The molecular formula is C116H108N2. The molecule has 0 amide bonds. The van der Waals surface area contributed by atoms with E-state index >= 15 is 0 Å². The van der Waals surface area contributed by atoms with Gasteiger partial charge in [-0.05, 0) is 254 Å². The normalized spacial score (nSPS) is 14.6. The van der Waals surface area contributed by atoms with Crippen LogP contribution in [-0.4, -0.2) is 0 Å². The van der Waals surface area contributed by atoms with Gasteiger partial charge in [-0.3, -0.25) is 0 Å². The Morgan fingerprint density at radius 3 is 0.864 bits per heavy atom. The van der Waals surface area contributed by atoms with Gasteiger partial charge in [-0.15, -0.1) is 0 Å². The first kappa shape index (κ1) is 77.9. The molecular weight excluding hydrogens is 1420 g/mol. The zero-order chi connectivity index (χ0) is 81.1. The average Bonchev–Trinajstić information content (AvgIpc) is 1.54. The van der Waals surface area contributed by atoms with Gasteiger partial charge in [0, 0.05) is 34.1 Å². The lowest BCUT2D eigenvalue weighted by Crippen LogP contribution is -2.29. The molecule has 0 aromatic heterocycles. The second-order valence-electron chi connectivity index (χ2n) is 34.7. The molecule has 0 aliphatic heterocycles. The van der Waals surface area contributed by atoms with E-state index in [2.05, 4.69) is 430 Å². The van der Waals surface area contributed by atoms with Gasteiger partial charge in [-0.1, -0.05) is 398 Å². The first-order valence-corrected chi connectivity index (χ1v) is 43.0. The smallest absolute Gasteiger partial charge is 0.0714 e. The molecule has 0 bridgehead atoms. The molecule has 2 aliphatic rings. The standard InChI is InChI=1S/C116H108N2/c1-11-15-17-21-35-89-77-108(88-51-71-100(72-52-88)118(98-67-47-86(48-68-98)84-33-25-20-26-34-84)102-74-76-106-104-38-28-30-40-110(104)116(112(106)80-102,94-55-43-82(14-4)44-56-94)96-63-59-92(60-64-96)114(8,9)10)90(36-22-18-16-12-2)78-107(89)87-49-69-99(70-50-87)117(97-65-45-85(46-66-97)83-31-23-19-24-32-83)101-73-75-105-103-37-27-29-39-109(103)115(111(105)79-101,93-53-41-81(13-3)42-54-93)95-61-57-91(58-62-95)113(5,6)7/h13-14,19-20,23-34,37-80H,3-4,11-12,15-18,21-22,35-36H2,1-2,5-10H3. The van der Waals surface area contributed by atoms with E-state index in [1.807, 2.05) is 12.2 Å². The van der Waals surface area contributed by atoms with Crippen molar-refractivity contribution in [3.8, 4) is 66.8 Å². The van der Waals surface area contributed by atoms with Crippen LogP contribution in [0.1, 0.15) is 185 Å². The van der Waals surface area contributed by atoms with E-state index < -0.39 is 10.8 Å². The highest BCUT2D eigenvalue weighted by molar-refractivity contribution is 5.93. The van der Waals surface area contributed by atoms with E-state index in [9.17, 15) is 0 Å². The van der Waals surface area contributed by atoms with Gasteiger partial charge in [0.1, 0.15) is 0 Å². The first-order valence-electron chi connectivity index (χ1n) is 43.0. The van der Waals surface area contributed by atoms with Crippen molar-refractivity contribution >= 4 is 46.3 Å². The Bertz CT molecular complexity index is 5680. The SMILES string of the molecule is C=Cc1ccc(C2(c3ccc(C(C)(C)C)cc3)c3ccccc3-c3ccc(N(c4ccc(-c5ccccc5)cc4)c4ccc(-c5cc(CCCCCC)c(-c6ccc(N(c7ccc(-c8ccccc8)cc7)c7ccc8c(c7)C(c7ccc(C=C)cc7)(c7ccc(C(C)(C)C)cc7)c7ccccc7-8)cc6)cc5CCCCCC)cc4)cc32)cc1. The topological polar surface area (TPSA) is 6.48 Å². The maximum Gasteiger partial charge on any atom is 0.0714 e. The van der Waals surface area contributed by atoms with Crippen molar-refractivity contribution in [2.24, 2.45) is 0 Å². The van der Waals surface area contributed by atoms with E-state index in [4.69, 9.17) is 0 Å². The van der Waals surface area contributed by atoms with E-state index in [1.54, 1.807) is 0 Å². The number of fused-ring (bicyclic) bond motifs is 6. The second-order valence-corrected chi connectivity index (χ2v) is 34.7. The molecule has 2 unspecified atom stereocenters. The van der Waals surface area contributed by atoms with Crippen molar-refractivity contribution in [1.82, 2.24) is 0 Å². The lowest BCUT2D eigenvalue weighted by molar-refractivity contribution is 0.589. The Morgan fingerprint density at radius 2 is 0.542 bits per heavy atom. The number of nitrogens with zero attached hydrogens (tertiary/aromatic N) is 2. The minimum Gasteiger partial charge on any atom is -0.310 e. The zero-order valence-corrected chi connectivity index (χ0v) is 70.0. The minimum absolute atomic E-state index is 0.00638. The second kappa shape index (κ2) is 33.2. The number of anilines is 6. The average molecular weight is 1530 g/mol. The van der Waals surface area contributed by atoms with Crippen LogP contribution in [-0.2, 0) is 34.5 Å². The number of hydrogen-bond acceptors (Lipinski definition) is 2. The molecule has 0 radical (unpaired) electrons. The lowest BCUT2D eigenvalue weighted by Gasteiger charge is -2.35. The molecule has 0 saturated heterocycles. The lowest BCUT2D eigenvalue weighted by atomic mass is 9.67. The Hall–Kier alpha value is -12.6. The van der Waals surface area contributed by atoms with Crippen LogP contribution >= 0.6 is 0 Å². The molecule has 582 valence electrons. The summed E-state index contributed by atoms with van der Waals surface area (Å²) in [7, 11) is 0. The molecule has 0 heterocycles. The van der Waals surface area contributed by atoms with Crippen molar-refractivity contribution in [3.63, 3.8) is 0 Å². The summed E-state index contributed by atoms with van der Waals surface area (Å²) < 4.78 is 0. The number of hydrogen-bond donors (Lipinski definition) is 0. The van der Waals surface area contributed by atoms with Crippen molar-refractivity contribution < 1.29 is 0 Å². The van der Waals surface area contributed by atoms with Gasteiger partial charge in [-0.2, -0.15) is 0 Å². The predicted molar refractivity (Wildman–Crippen MR) is 505 cm³/mol. The number of benzene rings is 15. The minimum atomic E-state index is -0.622. The van der Waals surface area contributed by atoms with Gasteiger partial charge < -0.3 is 9.80 Å². The van der Waals surface area contributed by atoms with E-state index in [-0.39, 0.29) is 10.8 Å². The third-order valence-corrected chi connectivity index (χ3v) is 25.4. The van der Waals surface area contributed by atoms with Gasteiger partial charge in [0.2, 0.25) is 0 Å². The highest BCUT2D eigenvalue weighted by atomic mass is 15.1. The fourth-order valence-corrected chi connectivity index (χ4v) is 19.0. The fourth-order valence-electron chi connectivity index (χ4n) is 19.0. The monoisotopic (exact) mass is 1530 g/mol. The summed E-state index contributed by atoms with van der Waals surface area (Å²) in [6.45, 7) is 26.8. The van der Waals surface area contributed by atoms with E-state index in [0.717, 1.165) is 70.9 Å². The Kier molecular flexibility index (Phi) is 21.9. The summed E-state index contributed by atoms with van der Waals surface area (Å²) in [5.74, 6) is 0. The maximum atomic E-state index is 4.18. The Morgan fingerprint density at radius 1 is 0.254 bits per heavy atom. The van der Waals surface area contributed by atoms with Crippen molar-refractivity contribution in [2.75, 3.05) is 9.80 Å². The largest absolute Gasteiger partial charge is 0.310 e. The summed E-state index contributed by atoms with van der Waals surface area (Å²) in [5, 5.41) is 0. The molecule has 15 aromatic carbocycles. The molecule has 2 nitrogen and oxygen atoms in total. The van der Waals surface area contributed by atoms with Gasteiger partial charge in [0.15, 0.2) is 0 Å². The van der Waals surface area contributed by atoms with Crippen molar-refractivity contribution in [2.45, 2.75) is 141 Å². The Labute approximate surface area is 702 Å². The van der Waals surface area contributed by atoms with Gasteiger partial charge >= 0.3 is 0 Å². The van der Waals surface area contributed by atoms with Gasteiger partial charge in [0.05, 0.1) is 10.8 Å². The Balaban J connectivity index is 0.790. The highest BCUT2D eigenvalue weighted by Gasteiger charge is 2.48. The van der Waals surface area contributed by atoms with Crippen molar-refractivity contribution in [3.05, 3.63) is 443 Å². The van der Waals surface area contributed by atoms with Crippen LogP contribution < -0.4 is 9.80 Å². The van der Waals surface area contributed by atoms with Crippen molar-refractivity contribution in [1.29, 1.82) is 0 Å². The van der Waals surface area contributed by atoms with E-state index in [1.165, 1.54) is 172 Å². The summed E-state index contributed by atoms with van der Waals surface area (Å²) in [5.41, 5.74) is 37.9. The molecule has 0 fully saturated rings. The first-order chi connectivity index (χ1) is 57.6. The maximum absolute atomic E-state index is 4.18. The van der Waals surface area contributed by atoms with Crippen LogP contribution in [0.15, 0.2) is 365 Å². The highest BCUT2D eigenvalue weighted by Crippen LogP contribution is 2.60. The van der Waals surface area contributed by atoms with E-state index in [0.29, 0.717) is 0 Å². The molecule has 118 heavy (non-hydrogen) atoms. The summed E-state index contributed by atoms with van der Waals surface area (Å²) in [4.78, 5) is 4.98. The summed E-state index contributed by atoms with van der Waals surface area (Å²) in [6.07, 6.45) is 15.3. The molecule has 0 saturated carbocycles. The van der Waals surface area contributed by atoms with Crippen LogP contribution in [0.5, 0.6) is 0 Å². The molecule has 0 N–H and O–H groups in total. The molecule has 2 aliphatic carbocycles. The number of unbranched alkanes of at least 4 members (excludes halogenated alkanes) is 6.